The Labute approximate surface area is 128 Å². The maximum atomic E-state index is 8.93. The van der Waals surface area contributed by atoms with Gasteiger partial charge in [-0.2, -0.15) is 5.26 Å². The lowest BCUT2D eigenvalue weighted by Gasteiger charge is -2.07. The lowest BCUT2D eigenvalue weighted by molar-refractivity contribution is 1.20. The minimum absolute atomic E-state index is 0.590. The number of nitrogens with two attached hydrogens (primary N) is 1. The second-order valence-corrected chi connectivity index (χ2v) is 4.73. The average molecular weight is 287 g/mol. The minimum Gasteiger partial charge on any atom is -0.399 e. The van der Waals surface area contributed by atoms with Crippen molar-refractivity contribution < 1.29 is 0 Å². The summed E-state index contributed by atoms with van der Waals surface area (Å²) in [5.74, 6) is 0.615. The van der Waals surface area contributed by atoms with Crippen LogP contribution in [-0.2, 0) is 0 Å². The molecule has 0 bridgehead atoms. The van der Waals surface area contributed by atoms with Crippen molar-refractivity contribution in [1.82, 2.24) is 9.97 Å². The summed E-state index contributed by atoms with van der Waals surface area (Å²) in [6.07, 6.45) is 3.34. The van der Waals surface area contributed by atoms with E-state index in [9.17, 15) is 0 Å². The highest BCUT2D eigenvalue weighted by molar-refractivity contribution is 5.64. The van der Waals surface area contributed by atoms with Gasteiger partial charge < -0.3 is 11.1 Å². The van der Waals surface area contributed by atoms with E-state index in [1.54, 1.807) is 24.5 Å². The van der Waals surface area contributed by atoms with Gasteiger partial charge in [0.15, 0.2) is 0 Å². The highest BCUT2D eigenvalue weighted by Crippen LogP contribution is 2.21. The number of aromatic nitrogens is 2. The van der Waals surface area contributed by atoms with E-state index in [2.05, 4.69) is 21.4 Å². The van der Waals surface area contributed by atoms with Crippen molar-refractivity contribution in [2.24, 2.45) is 0 Å². The Hall–Kier alpha value is -3.39. The Morgan fingerprint density at radius 1 is 1.05 bits per heavy atom. The fourth-order valence-corrected chi connectivity index (χ4v) is 2.03. The maximum absolute atomic E-state index is 8.93. The van der Waals surface area contributed by atoms with Crippen molar-refractivity contribution in [2.45, 2.75) is 0 Å². The lowest BCUT2D eigenvalue weighted by atomic mass is 10.1. The molecule has 0 amide bonds. The third-order valence-electron chi connectivity index (χ3n) is 3.11. The molecule has 0 radical (unpaired) electrons. The average Bonchev–Trinajstić information content (AvgIpc) is 2.56. The Morgan fingerprint density at radius 3 is 2.64 bits per heavy atom. The van der Waals surface area contributed by atoms with Gasteiger partial charge in [0.25, 0.3) is 0 Å². The van der Waals surface area contributed by atoms with Gasteiger partial charge in [0, 0.05) is 16.9 Å². The SMILES string of the molecule is N#Cc1cccc(Nc2cncc(-c3ccc(N)cc3)n2)c1. The number of rotatable bonds is 3. The summed E-state index contributed by atoms with van der Waals surface area (Å²) in [7, 11) is 0. The van der Waals surface area contributed by atoms with Crippen LogP contribution in [0.1, 0.15) is 5.56 Å². The zero-order valence-corrected chi connectivity index (χ0v) is 11.7. The van der Waals surface area contributed by atoms with E-state index in [0.717, 1.165) is 16.9 Å². The van der Waals surface area contributed by atoms with Gasteiger partial charge in [-0.15, -0.1) is 0 Å². The fourth-order valence-electron chi connectivity index (χ4n) is 2.03. The van der Waals surface area contributed by atoms with Crippen LogP contribution in [0.15, 0.2) is 60.9 Å². The standard InChI is InChI=1S/C17H13N5/c18-9-12-2-1-3-15(8-12)21-17-11-20-10-16(22-17)13-4-6-14(19)7-5-13/h1-8,10-11H,19H2,(H,21,22). The smallest absolute Gasteiger partial charge is 0.149 e. The number of hydrogen-bond acceptors (Lipinski definition) is 5. The Balaban J connectivity index is 1.88. The number of anilines is 3. The van der Waals surface area contributed by atoms with Crippen LogP contribution >= 0.6 is 0 Å². The van der Waals surface area contributed by atoms with Gasteiger partial charge >= 0.3 is 0 Å². The molecule has 3 rings (SSSR count). The van der Waals surface area contributed by atoms with Crippen LogP contribution in [0.2, 0.25) is 0 Å². The first-order valence-electron chi connectivity index (χ1n) is 6.70. The molecule has 3 aromatic rings. The van der Waals surface area contributed by atoms with Crippen molar-refractivity contribution in [3.63, 3.8) is 0 Å². The van der Waals surface area contributed by atoms with Crippen LogP contribution in [-0.4, -0.2) is 9.97 Å². The number of hydrogen-bond donors (Lipinski definition) is 2. The fraction of sp³-hybridized carbons (Fsp3) is 0. The molecule has 1 heterocycles. The molecular formula is C17H13N5. The highest BCUT2D eigenvalue weighted by atomic mass is 15.0. The first-order chi connectivity index (χ1) is 10.7. The van der Waals surface area contributed by atoms with Crippen molar-refractivity contribution in [3.8, 4) is 17.3 Å². The van der Waals surface area contributed by atoms with Crippen LogP contribution in [0.3, 0.4) is 0 Å². The number of nitrogens with one attached hydrogen (secondary N) is 1. The highest BCUT2D eigenvalue weighted by Gasteiger charge is 2.03. The molecule has 5 heteroatoms. The molecule has 0 aliphatic carbocycles. The normalized spacial score (nSPS) is 9.95. The summed E-state index contributed by atoms with van der Waals surface area (Å²) in [4.78, 5) is 8.73. The Kier molecular flexibility index (Phi) is 3.67. The van der Waals surface area contributed by atoms with Gasteiger partial charge in [0.05, 0.1) is 29.7 Å². The summed E-state index contributed by atoms with van der Waals surface area (Å²) in [5, 5.41) is 12.1. The summed E-state index contributed by atoms with van der Waals surface area (Å²) < 4.78 is 0. The summed E-state index contributed by atoms with van der Waals surface area (Å²) in [6.45, 7) is 0. The van der Waals surface area contributed by atoms with E-state index in [0.29, 0.717) is 17.1 Å². The molecule has 1 aromatic heterocycles. The zero-order valence-electron chi connectivity index (χ0n) is 11.7. The van der Waals surface area contributed by atoms with Crippen LogP contribution < -0.4 is 11.1 Å². The van der Waals surface area contributed by atoms with E-state index in [1.165, 1.54) is 0 Å². The summed E-state index contributed by atoms with van der Waals surface area (Å²) in [6, 6.07) is 16.8. The van der Waals surface area contributed by atoms with Gasteiger partial charge in [-0.25, -0.2) is 4.98 Å². The van der Waals surface area contributed by atoms with Gasteiger partial charge in [-0.1, -0.05) is 18.2 Å². The molecule has 2 aromatic carbocycles. The first kappa shape index (κ1) is 13.6. The third kappa shape index (κ3) is 3.02. The molecule has 0 saturated carbocycles. The number of nitriles is 1. The molecule has 0 spiro atoms. The quantitative estimate of drug-likeness (QED) is 0.721. The van der Waals surface area contributed by atoms with Gasteiger partial charge in [0.1, 0.15) is 5.82 Å². The third-order valence-corrected chi connectivity index (χ3v) is 3.11. The molecule has 3 N–H and O–H groups in total. The second-order valence-electron chi connectivity index (χ2n) is 4.73. The van der Waals surface area contributed by atoms with Gasteiger partial charge in [-0.05, 0) is 30.3 Å². The molecule has 5 nitrogen and oxygen atoms in total. The van der Waals surface area contributed by atoms with Crippen molar-refractivity contribution in [1.29, 1.82) is 5.26 Å². The van der Waals surface area contributed by atoms with E-state index in [1.807, 2.05) is 36.4 Å². The maximum Gasteiger partial charge on any atom is 0.149 e. The largest absolute Gasteiger partial charge is 0.399 e. The molecule has 0 unspecified atom stereocenters. The van der Waals surface area contributed by atoms with E-state index < -0.39 is 0 Å². The monoisotopic (exact) mass is 287 g/mol. The number of benzene rings is 2. The summed E-state index contributed by atoms with van der Waals surface area (Å²) >= 11 is 0. The van der Waals surface area contributed by atoms with E-state index >= 15 is 0 Å². The predicted octanol–water partition coefficient (Wildman–Crippen LogP) is 3.34. The van der Waals surface area contributed by atoms with Crippen LogP contribution in [0.5, 0.6) is 0 Å². The minimum atomic E-state index is 0.590. The topological polar surface area (TPSA) is 87.6 Å². The zero-order chi connectivity index (χ0) is 15.4. The first-order valence-corrected chi connectivity index (χ1v) is 6.70. The van der Waals surface area contributed by atoms with Crippen LogP contribution in [0, 0.1) is 11.3 Å². The second kappa shape index (κ2) is 5.94. The molecule has 0 fully saturated rings. The van der Waals surface area contributed by atoms with Crippen LogP contribution in [0.4, 0.5) is 17.2 Å². The number of nitrogen functional groups attached to an aromatic ring is 1. The van der Waals surface area contributed by atoms with Crippen molar-refractivity contribution >= 4 is 17.2 Å². The predicted molar refractivity (Wildman–Crippen MR) is 86.3 cm³/mol. The van der Waals surface area contributed by atoms with Crippen molar-refractivity contribution in [2.75, 3.05) is 11.1 Å². The van der Waals surface area contributed by atoms with E-state index in [4.69, 9.17) is 11.0 Å². The Bertz CT molecular complexity index is 834. The Morgan fingerprint density at radius 2 is 1.86 bits per heavy atom. The van der Waals surface area contributed by atoms with Gasteiger partial charge in [0.2, 0.25) is 0 Å². The molecule has 0 aliphatic heterocycles. The lowest BCUT2D eigenvalue weighted by Crippen LogP contribution is -1.96. The van der Waals surface area contributed by atoms with Gasteiger partial charge in [-0.3, -0.25) is 4.98 Å². The molecule has 0 aliphatic rings. The van der Waals surface area contributed by atoms with Crippen molar-refractivity contribution in [3.05, 3.63) is 66.5 Å². The molecular weight excluding hydrogens is 274 g/mol. The molecule has 0 atom stereocenters. The molecule has 22 heavy (non-hydrogen) atoms. The molecule has 0 saturated heterocycles. The van der Waals surface area contributed by atoms with Crippen LogP contribution in [0.25, 0.3) is 11.3 Å². The molecule has 106 valence electrons. The summed E-state index contributed by atoms with van der Waals surface area (Å²) in [5.41, 5.74) is 9.47. The number of nitrogens with zero attached hydrogens (tertiary/aromatic N) is 3. The van der Waals surface area contributed by atoms with E-state index in [-0.39, 0.29) is 0 Å².